The molecule has 14 heteroatoms. The number of rotatable bonds is 11. The SMILES string of the molecule is COCc1cc(C(C)(C)C)cc(COC)c1OS(=O)(=O)C(F)(F)S(=O)(=O)O/N=C(\C#N)c1ccc2ccccc2c1. The lowest BCUT2D eigenvalue weighted by Gasteiger charge is -2.24. The van der Waals surface area contributed by atoms with E-state index < -0.39 is 41.7 Å². The van der Waals surface area contributed by atoms with Gasteiger partial charge in [-0.3, -0.25) is 4.28 Å². The van der Waals surface area contributed by atoms with E-state index in [-0.39, 0.29) is 29.9 Å². The van der Waals surface area contributed by atoms with Gasteiger partial charge in [0.1, 0.15) is 6.07 Å². The number of halogens is 2. The Kier molecular flexibility index (Phi) is 9.39. The Bertz CT molecular complexity index is 1700. The second kappa shape index (κ2) is 12.1. The number of fused-ring (bicyclic) bond motifs is 1. The smallest absolute Gasteiger partial charge is 0.380 e. The minimum atomic E-state index is -6.32. The number of hydrogen-bond donors (Lipinski definition) is 0. The van der Waals surface area contributed by atoms with Crippen LogP contribution in [0, 0.1) is 11.3 Å². The van der Waals surface area contributed by atoms with Crippen LogP contribution in [0.5, 0.6) is 5.75 Å². The predicted molar refractivity (Wildman–Crippen MR) is 147 cm³/mol. The van der Waals surface area contributed by atoms with Crippen LogP contribution in [0.4, 0.5) is 8.78 Å². The van der Waals surface area contributed by atoms with Crippen molar-refractivity contribution in [3.05, 3.63) is 76.9 Å². The summed E-state index contributed by atoms with van der Waals surface area (Å²) in [7, 11) is -9.99. The summed E-state index contributed by atoms with van der Waals surface area (Å²) in [6, 6.07) is 16.0. The highest BCUT2D eigenvalue weighted by molar-refractivity contribution is 8.05. The van der Waals surface area contributed by atoms with E-state index in [4.69, 9.17) is 13.7 Å². The first-order chi connectivity index (χ1) is 19.1. The maximum absolute atomic E-state index is 15.1. The highest BCUT2D eigenvalue weighted by atomic mass is 32.3. The molecule has 0 aliphatic heterocycles. The quantitative estimate of drug-likeness (QED) is 0.167. The first kappa shape index (κ1) is 31.9. The molecule has 41 heavy (non-hydrogen) atoms. The summed E-state index contributed by atoms with van der Waals surface area (Å²) in [5, 5.41) is 13.9. The molecule has 0 amide bonds. The lowest BCUT2D eigenvalue weighted by atomic mass is 9.85. The highest BCUT2D eigenvalue weighted by Crippen LogP contribution is 2.38. The molecular formula is C27H28F2N2O8S2. The average Bonchev–Trinajstić information content (AvgIpc) is 2.90. The van der Waals surface area contributed by atoms with Gasteiger partial charge in [-0.05, 0) is 39.9 Å². The molecule has 0 saturated heterocycles. The molecule has 10 nitrogen and oxygen atoms in total. The summed E-state index contributed by atoms with van der Waals surface area (Å²) in [5.41, 5.74) is -0.259. The summed E-state index contributed by atoms with van der Waals surface area (Å²) < 4.78 is 94.0. The molecule has 3 rings (SSSR count). The standard InChI is InChI=1S/C27H28F2N2O8S2/c1-26(2,3)23-13-21(16-36-4)25(22(14-23)17-37-5)38-40(32,33)27(28,29)41(34,35)39-31-24(15-30)20-11-10-18-8-6-7-9-19(18)12-20/h6-14H,16-17H2,1-5H3/b31-24+. The Morgan fingerprint density at radius 3 is 1.95 bits per heavy atom. The molecule has 0 aliphatic rings. The van der Waals surface area contributed by atoms with Gasteiger partial charge < -0.3 is 13.7 Å². The molecule has 0 spiro atoms. The van der Waals surface area contributed by atoms with Crippen molar-refractivity contribution < 1.29 is 43.6 Å². The fourth-order valence-electron chi connectivity index (χ4n) is 3.71. The van der Waals surface area contributed by atoms with Crippen molar-refractivity contribution >= 4 is 36.7 Å². The number of ether oxygens (including phenoxy) is 2. The zero-order chi connectivity index (χ0) is 30.6. The molecular weight excluding hydrogens is 582 g/mol. The van der Waals surface area contributed by atoms with Gasteiger partial charge in [0.2, 0.25) is 0 Å². The van der Waals surface area contributed by atoms with Gasteiger partial charge >= 0.3 is 24.8 Å². The summed E-state index contributed by atoms with van der Waals surface area (Å²) in [6.07, 6.45) is 0. The third-order valence-electron chi connectivity index (χ3n) is 5.84. The number of nitrogens with zero attached hydrogens (tertiary/aromatic N) is 2. The fourth-order valence-corrected chi connectivity index (χ4v) is 5.69. The van der Waals surface area contributed by atoms with E-state index in [1.54, 1.807) is 36.4 Å². The Hall–Kier alpha value is -3.64. The van der Waals surface area contributed by atoms with Crippen LogP contribution in [-0.2, 0) is 52.6 Å². The lowest BCUT2D eigenvalue weighted by molar-refractivity contribution is 0.142. The molecule has 0 aromatic heterocycles. The van der Waals surface area contributed by atoms with Crippen molar-refractivity contribution in [1.82, 2.24) is 0 Å². The highest BCUT2D eigenvalue weighted by Gasteiger charge is 2.63. The molecule has 220 valence electrons. The number of alkyl halides is 2. The van der Waals surface area contributed by atoms with Crippen LogP contribution in [0.2, 0.25) is 0 Å². The lowest BCUT2D eigenvalue weighted by Crippen LogP contribution is -2.41. The van der Waals surface area contributed by atoms with Crippen molar-refractivity contribution in [3.8, 4) is 11.8 Å². The average molecular weight is 611 g/mol. The van der Waals surface area contributed by atoms with Crippen molar-refractivity contribution in [2.24, 2.45) is 5.16 Å². The van der Waals surface area contributed by atoms with Gasteiger partial charge in [0, 0.05) is 30.9 Å². The minimum Gasteiger partial charge on any atom is -0.380 e. The summed E-state index contributed by atoms with van der Waals surface area (Å²) in [5.74, 6) is -0.575. The van der Waals surface area contributed by atoms with Gasteiger partial charge in [0.15, 0.2) is 11.5 Å². The monoisotopic (exact) mass is 610 g/mol. The maximum Gasteiger partial charge on any atom is 0.519 e. The van der Waals surface area contributed by atoms with Gasteiger partial charge in [-0.15, -0.1) is 0 Å². The topological polar surface area (TPSA) is 141 Å². The fraction of sp³-hybridized carbons (Fsp3) is 0.333. The normalized spacial score (nSPS) is 13.2. The van der Waals surface area contributed by atoms with Crippen molar-refractivity contribution in [1.29, 1.82) is 5.26 Å². The van der Waals surface area contributed by atoms with E-state index in [9.17, 15) is 22.1 Å². The Morgan fingerprint density at radius 2 is 1.44 bits per heavy atom. The first-order valence-electron chi connectivity index (χ1n) is 11.9. The van der Waals surface area contributed by atoms with E-state index in [0.717, 1.165) is 5.39 Å². The Balaban J connectivity index is 2.00. The number of nitriles is 1. The second-order valence-corrected chi connectivity index (χ2v) is 13.3. The van der Waals surface area contributed by atoms with E-state index in [1.807, 2.05) is 20.8 Å². The van der Waals surface area contributed by atoms with Crippen molar-refractivity contribution in [2.45, 2.75) is 44.0 Å². The van der Waals surface area contributed by atoms with Crippen LogP contribution in [0.1, 0.15) is 43.0 Å². The van der Waals surface area contributed by atoms with Crippen LogP contribution in [0.3, 0.4) is 0 Å². The molecule has 3 aromatic rings. The maximum atomic E-state index is 15.1. The molecule has 0 saturated carbocycles. The van der Waals surface area contributed by atoms with Crippen LogP contribution in [0.25, 0.3) is 10.8 Å². The summed E-state index contributed by atoms with van der Waals surface area (Å²) in [4.78, 5) is 0. The van der Waals surface area contributed by atoms with E-state index >= 15 is 8.78 Å². The molecule has 0 fully saturated rings. The van der Waals surface area contributed by atoms with Crippen LogP contribution in [-0.4, -0.2) is 41.4 Å². The Morgan fingerprint density at radius 1 is 0.878 bits per heavy atom. The molecule has 0 atom stereocenters. The van der Waals surface area contributed by atoms with Crippen LogP contribution < -0.4 is 4.18 Å². The zero-order valence-corrected chi connectivity index (χ0v) is 24.5. The number of benzene rings is 3. The zero-order valence-electron chi connectivity index (χ0n) is 22.8. The number of oxime groups is 1. The van der Waals surface area contributed by atoms with Gasteiger partial charge in [-0.1, -0.05) is 62.3 Å². The van der Waals surface area contributed by atoms with Crippen molar-refractivity contribution in [3.63, 3.8) is 0 Å². The molecule has 0 radical (unpaired) electrons. The minimum absolute atomic E-state index is 0.0520. The van der Waals surface area contributed by atoms with Crippen LogP contribution in [0.15, 0.2) is 59.8 Å². The van der Waals surface area contributed by atoms with Gasteiger partial charge in [0.25, 0.3) is 0 Å². The molecule has 0 aliphatic carbocycles. The van der Waals surface area contributed by atoms with Gasteiger partial charge in [0.05, 0.1) is 13.2 Å². The number of hydrogen-bond acceptors (Lipinski definition) is 10. The van der Waals surface area contributed by atoms with Crippen molar-refractivity contribution in [2.75, 3.05) is 14.2 Å². The third kappa shape index (κ3) is 6.82. The Labute approximate surface area is 237 Å². The van der Waals surface area contributed by atoms with E-state index in [1.165, 1.54) is 38.5 Å². The number of methoxy groups -OCH3 is 2. The molecule has 3 aromatic carbocycles. The molecule has 0 heterocycles. The molecule has 0 bridgehead atoms. The summed E-state index contributed by atoms with van der Waals surface area (Å²) in [6.45, 7) is 5.13. The van der Waals surface area contributed by atoms with E-state index in [2.05, 4.69) is 9.44 Å². The van der Waals surface area contributed by atoms with Gasteiger partial charge in [-0.25, -0.2) is 0 Å². The first-order valence-corrected chi connectivity index (χ1v) is 14.8. The molecule has 0 unspecified atom stereocenters. The largest absolute Gasteiger partial charge is 0.519 e. The second-order valence-electron chi connectivity index (χ2n) is 9.88. The third-order valence-corrected chi connectivity index (χ3v) is 8.88. The van der Waals surface area contributed by atoms with Gasteiger partial charge in [-0.2, -0.15) is 30.9 Å². The molecule has 0 N–H and O–H groups in total. The predicted octanol–water partition coefficient (Wildman–Crippen LogP) is 4.96. The van der Waals surface area contributed by atoms with E-state index in [0.29, 0.717) is 10.9 Å². The van der Waals surface area contributed by atoms with Crippen LogP contribution >= 0.6 is 0 Å². The summed E-state index contributed by atoms with van der Waals surface area (Å²) >= 11 is 0.